The molecule has 2 amide bonds. The fourth-order valence-electron chi connectivity index (χ4n) is 1.66. The minimum atomic E-state index is -1.02. The van der Waals surface area contributed by atoms with Crippen molar-refractivity contribution in [3.05, 3.63) is 28.2 Å². The fraction of sp³-hybridized carbons (Fsp3) is 0.429. The standard InChI is InChI=1S/C14H19BrN2O4/c1-8(2)12(7-21-3)17-14(20)16-11-5-4-9(13(18)19)6-10(11)15/h4-6,8,12H,7H2,1-3H3,(H,18,19)(H2,16,17,20). The van der Waals surface area contributed by atoms with Gasteiger partial charge in [-0.05, 0) is 40.0 Å². The zero-order valence-electron chi connectivity index (χ0n) is 12.1. The van der Waals surface area contributed by atoms with Gasteiger partial charge in [-0.2, -0.15) is 0 Å². The summed E-state index contributed by atoms with van der Waals surface area (Å²) in [5.41, 5.74) is 0.643. The number of benzene rings is 1. The highest BCUT2D eigenvalue weighted by molar-refractivity contribution is 9.10. The van der Waals surface area contributed by atoms with Crippen LogP contribution in [0.4, 0.5) is 10.5 Å². The lowest BCUT2D eigenvalue weighted by atomic mass is 10.1. The molecule has 21 heavy (non-hydrogen) atoms. The zero-order chi connectivity index (χ0) is 16.0. The van der Waals surface area contributed by atoms with E-state index in [1.807, 2.05) is 13.8 Å². The maximum absolute atomic E-state index is 12.0. The summed E-state index contributed by atoms with van der Waals surface area (Å²) in [6.45, 7) is 4.40. The third kappa shape index (κ3) is 5.35. The van der Waals surface area contributed by atoms with Crippen LogP contribution in [0.3, 0.4) is 0 Å². The van der Waals surface area contributed by atoms with E-state index >= 15 is 0 Å². The Labute approximate surface area is 132 Å². The number of rotatable bonds is 6. The van der Waals surface area contributed by atoms with Crippen LogP contribution in [0, 0.1) is 5.92 Å². The van der Waals surface area contributed by atoms with Crippen LogP contribution in [0.15, 0.2) is 22.7 Å². The average Bonchev–Trinajstić information content (AvgIpc) is 2.40. The summed E-state index contributed by atoms with van der Waals surface area (Å²) in [5.74, 6) is -0.791. The van der Waals surface area contributed by atoms with Crippen molar-refractivity contribution in [2.45, 2.75) is 19.9 Å². The van der Waals surface area contributed by atoms with E-state index in [1.165, 1.54) is 18.2 Å². The number of hydrogen-bond donors (Lipinski definition) is 3. The van der Waals surface area contributed by atoms with Crippen molar-refractivity contribution in [3.63, 3.8) is 0 Å². The van der Waals surface area contributed by atoms with Crippen molar-refractivity contribution in [2.75, 3.05) is 19.0 Å². The fourth-order valence-corrected chi connectivity index (χ4v) is 2.13. The van der Waals surface area contributed by atoms with Gasteiger partial charge in [-0.3, -0.25) is 0 Å². The van der Waals surface area contributed by atoms with Crippen molar-refractivity contribution in [2.24, 2.45) is 5.92 Å². The predicted octanol–water partition coefficient (Wildman–Crippen LogP) is 2.94. The van der Waals surface area contributed by atoms with Crippen LogP contribution >= 0.6 is 15.9 Å². The van der Waals surface area contributed by atoms with Gasteiger partial charge in [-0.25, -0.2) is 9.59 Å². The predicted molar refractivity (Wildman–Crippen MR) is 83.8 cm³/mol. The maximum atomic E-state index is 12.0. The molecule has 0 aliphatic carbocycles. The Morgan fingerprint density at radius 3 is 2.52 bits per heavy atom. The van der Waals surface area contributed by atoms with Gasteiger partial charge in [0.05, 0.1) is 23.9 Å². The first-order valence-corrected chi connectivity index (χ1v) is 7.23. The van der Waals surface area contributed by atoms with E-state index in [9.17, 15) is 9.59 Å². The first-order valence-electron chi connectivity index (χ1n) is 6.44. The number of carbonyl (C=O) groups excluding carboxylic acids is 1. The molecule has 1 atom stereocenters. The average molecular weight is 359 g/mol. The lowest BCUT2D eigenvalue weighted by molar-refractivity contribution is 0.0697. The quantitative estimate of drug-likeness (QED) is 0.729. The number of methoxy groups -OCH3 is 1. The lowest BCUT2D eigenvalue weighted by Gasteiger charge is -2.22. The molecule has 6 nitrogen and oxygen atoms in total. The maximum Gasteiger partial charge on any atom is 0.335 e. The van der Waals surface area contributed by atoms with Gasteiger partial charge in [-0.1, -0.05) is 13.8 Å². The number of amides is 2. The number of anilines is 1. The largest absolute Gasteiger partial charge is 0.478 e. The first-order chi connectivity index (χ1) is 9.85. The van der Waals surface area contributed by atoms with E-state index < -0.39 is 5.97 Å². The Hall–Kier alpha value is -1.60. The summed E-state index contributed by atoms with van der Waals surface area (Å²) >= 11 is 3.24. The van der Waals surface area contributed by atoms with Crippen LogP contribution in [0.2, 0.25) is 0 Å². The van der Waals surface area contributed by atoms with Gasteiger partial charge in [0.15, 0.2) is 0 Å². The van der Waals surface area contributed by atoms with Gasteiger partial charge in [-0.15, -0.1) is 0 Å². The molecule has 0 heterocycles. The molecule has 7 heteroatoms. The van der Waals surface area contributed by atoms with E-state index in [2.05, 4.69) is 26.6 Å². The monoisotopic (exact) mass is 358 g/mol. The van der Waals surface area contributed by atoms with Crippen molar-refractivity contribution < 1.29 is 19.4 Å². The van der Waals surface area contributed by atoms with Gasteiger partial charge >= 0.3 is 12.0 Å². The second kappa shape index (κ2) is 7.99. The second-order valence-electron chi connectivity index (χ2n) is 4.90. The minimum absolute atomic E-state index is 0.105. The van der Waals surface area contributed by atoms with E-state index in [4.69, 9.17) is 9.84 Å². The highest BCUT2D eigenvalue weighted by Gasteiger charge is 2.16. The normalized spacial score (nSPS) is 12.0. The molecule has 0 aliphatic heterocycles. The molecule has 0 saturated carbocycles. The molecule has 0 spiro atoms. The molecular weight excluding hydrogens is 340 g/mol. The van der Waals surface area contributed by atoms with Crippen LogP contribution in [-0.2, 0) is 4.74 Å². The van der Waals surface area contributed by atoms with Crippen molar-refractivity contribution in [3.8, 4) is 0 Å². The second-order valence-corrected chi connectivity index (χ2v) is 5.76. The molecule has 0 aromatic heterocycles. The van der Waals surface area contributed by atoms with Gasteiger partial charge < -0.3 is 20.5 Å². The number of urea groups is 1. The number of halogens is 1. The molecule has 0 radical (unpaired) electrons. The van der Waals surface area contributed by atoms with Gasteiger partial charge in [0.25, 0.3) is 0 Å². The molecule has 0 fully saturated rings. The Bertz CT molecular complexity index is 520. The molecule has 1 unspecified atom stereocenters. The number of carbonyl (C=O) groups is 2. The summed E-state index contributed by atoms with van der Waals surface area (Å²) in [6, 6.07) is 3.93. The Morgan fingerprint density at radius 1 is 1.38 bits per heavy atom. The number of nitrogens with one attached hydrogen (secondary N) is 2. The zero-order valence-corrected chi connectivity index (χ0v) is 13.7. The molecule has 116 valence electrons. The van der Waals surface area contributed by atoms with E-state index in [-0.39, 0.29) is 23.6 Å². The molecule has 0 aliphatic rings. The minimum Gasteiger partial charge on any atom is -0.478 e. The third-order valence-corrected chi connectivity index (χ3v) is 3.59. The molecule has 1 aromatic rings. The smallest absolute Gasteiger partial charge is 0.335 e. The molecule has 1 rings (SSSR count). The van der Waals surface area contributed by atoms with Crippen LogP contribution < -0.4 is 10.6 Å². The van der Waals surface area contributed by atoms with E-state index in [1.54, 1.807) is 7.11 Å². The molecule has 3 N–H and O–H groups in total. The molecule has 0 saturated heterocycles. The van der Waals surface area contributed by atoms with Crippen LogP contribution in [0.1, 0.15) is 24.2 Å². The van der Waals surface area contributed by atoms with Crippen LogP contribution in [0.25, 0.3) is 0 Å². The molecular formula is C14H19BrN2O4. The lowest BCUT2D eigenvalue weighted by Crippen LogP contribution is -2.43. The summed E-state index contributed by atoms with van der Waals surface area (Å²) in [6.07, 6.45) is 0. The highest BCUT2D eigenvalue weighted by atomic mass is 79.9. The van der Waals surface area contributed by atoms with Crippen molar-refractivity contribution in [1.29, 1.82) is 0 Å². The van der Waals surface area contributed by atoms with Crippen LogP contribution in [0.5, 0.6) is 0 Å². The van der Waals surface area contributed by atoms with E-state index in [0.717, 1.165) is 0 Å². The summed E-state index contributed by atoms with van der Waals surface area (Å²) in [7, 11) is 1.58. The van der Waals surface area contributed by atoms with Crippen LogP contribution in [-0.4, -0.2) is 36.9 Å². The van der Waals surface area contributed by atoms with Gasteiger partial charge in [0, 0.05) is 11.6 Å². The van der Waals surface area contributed by atoms with Gasteiger partial charge in [0.2, 0.25) is 0 Å². The number of aromatic carboxylic acids is 1. The Kier molecular flexibility index (Phi) is 6.64. The SMILES string of the molecule is COCC(NC(=O)Nc1ccc(C(=O)O)cc1Br)C(C)C. The van der Waals surface area contributed by atoms with Crippen molar-refractivity contribution >= 4 is 33.6 Å². The molecule has 0 bridgehead atoms. The Balaban J connectivity index is 2.72. The number of ether oxygens (including phenoxy) is 1. The first kappa shape index (κ1) is 17.5. The number of carboxylic acid groups (broad SMARTS) is 1. The van der Waals surface area contributed by atoms with Gasteiger partial charge in [0.1, 0.15) is 0 Å². The Morgan fingerprint density at radius 2 is 2.05 bits per heavy atom. The summed E-state index contributed by atoms with van der Waals surface area (Å²) in [4.78, 5) is 22.8. The number of carboxylic acids is 1. The van der Waals surface area contributed by atoms with Crippen molar-refractivity contribution in [1.82, 2.24) is 5.32 Å². The molecule has 1 aromatic carbocycles. The number of hydrogen-bond acceptors (Lipinski definition) is 3. The summed E-state index contributed by atoms with van der Waals surface area (Å²) in [5, 5.41) is 14.4. The summed E-state index contributed by atoms with van der Waals surface area (Å²) < 4.78 is 5.57. The topological polar surface area (TPSA) is 87.7 Å². The van der Waals surface area contributed by atoms with E-state index in [0.29, 0.717) is 16.8 Å². The third-order valence-electron chi connectivity index (χ3n) is 2.93. The highest BCUT2D eigenvalue weighted by Crippen LogP contribution is 2.23.